The Labute approximate surface area is 167 Å². The average Bonchev–Trinajstić information content (AvgIpc) is 3.46. The molecular weight excluding hydrogens is 378 g/mol. The summed E-state index contributed by atoms with van der Waals surface area (Å²) in [6.07, 6.45) is 1.04. The minimum atomic E-state index is -1.13. The molecule has 1 atom stereocenters. The van der Waals surface area contributed by atoms with E-state index in [0.717, 1.165) is 24.2 Å². The van der Waals surface area contributed by atoms with Gasteiger partial charge in [0.25, 0.3) is 11.6 Å². The van der Waals surface area contributed by atoms with Gasteiger partial charge in [-0.05, 0) is 51.8 Å². The Morgan fingerprint density at radius 3 is 2.55 bits per heavy atom. The van der Waals surface area contributed by atoms with Gasteiger partial charge in [0.15, 0.2) is 6.10 Å². The van der Waals surface area contributed by atoms with Gasteiger partial charge in [0, 0.05) is 17.4 Å². The molecule has 0 unspecified atom stereocenters. The van der Waals surface area contributed by atoms with Crippen LogP contribution in [0.25, 0.3) is 0 Å². The number of nitrogens with one attached hydrogen (secondary N) is 1. The van der Waals surface area contributed by atoms with Gasteiger partial charge < -0.3 is 19.4 Å². The smallest absolute Gasteiger partial charge is 0.340 e. The van der Waals surface area contributed by atoms with Gasteiger partial charge in [-0.25, -0.2) is 4.79 Å². The predicted octanol–water partition coefficient (Wildman–Crippen LogP) is 3.54. The molecule has 0 bridgehead atoms. The summed E-state index contributed by atoms with van der Waals surface area (Å²) in [6, 6.07) is 6.25. The Balaban J connectivity index is 1.71. The number of hydrogen-bond donors (Lipinski definition) is 1. The van der Waals surface area contributed by atoms with Gasteiger partial charge in [-0.1, -0.05) is 0 Å². The molecule has 3 rings (SSSR count). The standard InChI is InChI=1S/C20H23N3O6/c1-11-9-16(12(2)22(11)14-5-6-14)20(25)29-13(3)19(24)21-17-8-7-15(28-4)10-18(17)23(26)27/h7-10,13-14H,5-6H2,1-4H3,(H,21,24)/t13-/m1/s1. The van der Waals surface area contributed by atoms with Crippen molar-refractivity contribution in [2.24, 2.45) is 0 Å². The first kappa shape index (κ1) is 20.4. The highest BCUT2D eigenvalue weighted by molar-refractivity contribution is 5.99. The number of ether oxygens (including phenoxy) is 2. The van der Waals surface area contributed by atoms with Crippen molar-refractivity contribution in [3.05, 3.63) is 51.3 Å². The molecule has 154 valence electrons. The number of aryl methyl sites for hydroxylation is 1. The third kappa shape index (κ3) is 4.23. The fourth-order valence-corrected chi connectivity index (χ4v) is 3.29. The van der Waals surface area contributed by atoms with Crippen molar-refractivity contribution in [1.29, 1.82) is 0 Å². The molecule has 1 N–H and O–H groups in total. The molecule has 0 saturated heterocycles. The number of nitro groups is 1. The Morgan fingerprint density at radius 1 is 1.28 bits per heavy atom. The Hall–Kier alpha value is -3.36. The SMILES string of the molecule is COc1ccc(NC(=O)[C@@H](C)OC(=O)c2cc(C)n(C3CC3)c2C)c([N+](=O)[O-])c1. The normalized spacial score (nSPS) is 14.2. The average molecular weight is 401 g/mol. The summed E-state index contributed by atoms with van der Waals surface area (Å²) < 4.78 is 12.4. The number of anilines is 1. The van der Waals surface area contributed by atoms with E-state index in [4.69, 9.17) is 9.47 Å². The highest BCUT2D eigenvalue weighted by Gasteiger charge is 2.30. The number of rotatable bonds is 7. The van der Waals surface area contributed by atoms with E-state index in [9.17, 15) is 19.7 Å². The second-order valence-corrected chi connectivity index (χ2v) is 7.06. The zero-order chi connectivity index (χ0) is 21.3. The first-order chi connectivity index (χ1) is 13.7. The zero-order valence-electron chi connectivity index (χ0n) is 16.7. The summed E-state index contributed by atoms with van der Waals surface area (Å²) in [5, 5.41) is 13.7. The van der Waals surface area contributed by atoms with Crippen molar-refractivity contribution >= 4 is 23.3 Å². The number of carbonyl (C=O) groups is 2. The summed E-state index contributed by atoms with van der Waals surface area (Å²) in [4.78, 5) is 35.6. The predicted molar refractivity (Wildman–Crippen MR) is 105 cm³/mol. The van der Waals surface area contributed by atoms with Crippen molar-refractivity contribution in [2.45, 2.75) is 45.8 Å². The van der Waals surface area contributed by atoms with Crippen LogP contribution in [0.3, 0.4) is 0 Å². The van der Waals surface area contributed by atoms with Crippen molar-refractivity contribution in [1.82, 2.24) is 4.57 Å². The molecule has 1 saturated carbocycles. The van der Waals surface area contributed by atoms with Crippen molar-refractivity contribution in [2.75, 3.05) is 12.4 Å². The maximum Gasteiger partial charge on any atom is 0.340 e. The monoisotopic (exact) mass is 401 g/mol. The topological polar surface area (TPSA) is 113 Å². The Bertz CT molecular complexity index is 977. The maximum absolute atomic E-state index is 12.6. The largest absolute Gasteiger partial charge is 0.496 e. The molecule has 1 amide bonds. The van der Waals surface area contributed by atoms with E-state index in [1.807, 2.05) is 13.8 Å². The number of aromatic nitrogens is 1. The number of nitro benzene ring substituents is 1. The second kappa shape index (κ2) is 7.94. The van der Waals surface area contributed by atoms with Crippen molar-refractivity contribution < 1.29 is 24.0 Å². The Kier molecular flexibility index (Phi) is 5.58. The van der Waals surface area contributed by atoms with Crippen LogP contribution < -0.4 is 10.1 Å². The van der Waals surface area contributed by atoms with Gasteiger partial charge in [-0.2, -0.15) is 0 Å². The summed E-state index contributed by atoms with van der Waals surface area (Å²) in [7, 11) is 1.39. The van der Waals surface area contributed by atoms with Gasteiger partial charge in [-0.3, -0.25) is 14.9 Å². The van der Waals surface area contributed by atoms with E-state index in [-0.39, 0.29) is 11.4 Å². The third-order valence-corrected chi connectivity index (χ3v) is 4.93. The minimum Gasteiger partial charge on any atom is -0.496 e. The lowest BCUT2D eigenvalue weighted by Gasteiger charge is -2.14. The summed E-state index contributed by atoms with van der Waals surface area (Å²) in [6.45, 7) is 5.21. The summed E-state index contributed by atoms with van der Waals surface area (Å²) in [5.74, 6) is -0.973. The van der Waals surface area contributed by atoms with E-state index >= 15 is 0 Å². The van der Waals surface area contributed by atoms with Crippen LogP contribution >= 0.6 is 0 Å². The molecule has 1 heterocycles. The van der Waals surface area contributed by atoms with Crippen LogP contribution in [0.4, 0.5) is 11.4 Å². The second-order valence-electron chi connectivity index (χ2n) is 7.06. The fourth-order valence-electron chi connectivity index (χ4n) is 3.29. The molecule has 0 aliphatic heterocycles. The van der Waals surface area contributed by atoms with E-state index in [0.29, 0.717) is 17.4 Å². The van der Waals surface area contributed by atoms with Crippen molar-refractivity contribution in [3.63, 3.8) is 0 Å². The van der Waals surface area contributed by atoms with Gasteiger partial charge in [0.2, 0.25) is 0 Å². The molecule has 1 aromatic carbocycles. The number of hydrogen-bond acceptors (Lipinski definition) is 6. The molecule has 1 aromatic heterocycles. The van der Waals surface area contributed by atoms with Crippen molar-refractivity contribution in [3.8, 4) is 5.75 Å². The molecule has 0 radical (unpaired) electrons. The molecule has 1 aliphatic rings. The lowest BCUT2D eigenvalue weighted by Crippen LogP contribution is -2.30. The molecule has 0 spiro atoms. The molecule has 1 fully saturated rings. The number of nitrogens with zero attached hydrogens (tertiary/aromatic N) is 2. The molecule has 9 nitrogen and oxygen atoms in total. The van der Waals surface area contributed by atoms with E-state index < -0.39 is 22.9 Å². The van der Waals surface area contributed by atoms with Crippen LogP contribution in [-0.4, -0.2) is 34.6 Å². The number of methoxy groups -OCH3 is 1. The number of esters is 1. The third-order valence-electron chi connectivity index (χ3n) is 4.93. The summed E-state index contributed by atoms with van der Waals surface area (Å²) >= 11 is 0. The van der Waals surface area contributed by atoms with Crippen LogP contribution in [0, 0.1) is 24.0 Å². The quantitative estimate of drug-likeness (QED) is 0.431. The fraction of sp³-hybridized carbons (Fsp3) is 0.400. The number of amides is 1. The number of benzene rings is 1. The molecule has 9 heteroatoms. The highest BCUT2D eigenvalue weighted by Crippen LogP contribution is 2.38. The molecule has 29 heavy (non-hydrogen) atoms. The molecule has 1 aliphatic carbocycles. The molecular formula is C20H23N3O6. The van der Waals surface area contributed by atoms with Gasteiger partial charge in [-0.15, -0.1) is 0 Å². The first-order valence-electron chi connectivity index (χ1n) is 9.25. The van der Waals surface area contributed by atoms with Crippen LogP contribution in [0.15, 0.2) is 24.3 Å². The number of carbonyl (C=O) groups excluding carboxylic acids is 2. The van der Waals surface area contributed by atoms with Gasteiger partial charge >= 0.3 is 5.97 Å². The van der Waals surface area contributed by atoms with Gasteiger partial charge in [0.1, 0.15) is 11.4 Å². The lowest BCUT2D eigenvalue weighted by atomic mass is 10.2. The van der Waals surface area contributed by atoms with Crippen LogP contribution in [0.5, 0.6) is 5.75 Å². The highest BCUT2D eigenvalue weighted by atomic mass is 16.6. The van der Waals surface area contributed by atoms with E-state index in [1.54, 1.807) is 6.07 Å². The molecule has 2 aromatic rings. The van der Waals surface area contributed by atoms with Crippen LogP contribution in [0.2, 0.25) is 0 Å². The zero-order valence-corrected chi connectivity index (χ0v) is 16.7. The Morgan fingerprint density at radius 2 is 1.97 bits per heavy atom. The van der Waals surface area contributed by atoms with E-state index in [1.165, 1.54) is 32.2 Å². The maximum atomic E-state index is 12.6. The van der Waals surface area contributed by atoms with Gasteiger partial charge in [0.05, 0.1) is 23.7 Å². The van der Waals surface area contributed by atoms with Crippen LogP contribution in [-0.2, 0) is 9.53 Å². The van der Waals surface area contributed by atoms with E-state index in [2.05, 4.69) is 9.88 Å². The minimum absolute atomic E-state index is 0.00406. The summed E-state index contributed by atoms with van der Waals surface area (Å²) in [5.41, 5.74) is 1.89. The lowest BCUT2D eigenvalue weighted by molar-refractivity contribution is -0.384. The van der Waals surface area contributed by atoms with Crippen LogP contribution in [0.1, 0.15) is 47.6 Å². The first-order valence-corrected chi connectivity index (χ1v) is 9.25.